The Morgan fingerprint density at radius 1 is 0.852 bits per heavy atom. The highest BCUT2D eigenvalue weighted by atomic mass is 35.5. The molecule has 2 amide bonds. The lowest BCUT2D eigenvalue weighted by atomic mass is 10.3. The van der Waals surface area contributed by atoms with E-state index in [1.165, 1.54) is 11.8 Å². The van der Waals surface area contributed by atoms with Crippen LogP contribution in [0.5, 0.6) is 0 Å². The number of hydrogen-bond acceptors (Lipinski definition) is 4. The van der Waals surface area contributed by atoms with Crippen molar-refractivity contribution in [3.8, 4) is 0 Å². The summed E-state index contributed by atoms with van der Waals surface area (Å²) < 4.78 is 0. The minimum atomic E-state index is -0.314. The van der Waals surface area contributed by atoms with Crippen LogP contribution in [0.2, 0.25) is 10.0 Å². The summed E-state index contributed by atoms with van der Waals surface area (Å²) in [5.74, 6) is -0.228. The standard InChI is InChI=1S/C17H16Cl2N4O2S2/c18-13-7-6-12(8-14(13)19)21-17(26)23-22-16(25)10-27-9-15(24)20-11-4-2-1-3-5-11/h1-8H,9-10H2,(H,20,24)(H,22,25)(H2,21,23,26). The number of para-hydroxylation sites is 1. The quantitative estimate of drug-likeness (QED) is 0.403. The molecule has 2 aromatic carbocycles. The molecule has 2 rings (SSSR count). The van der Waals surface area contributed by atoms with E-state index in [4.69, 9.17) is 35.4 Å². The fraction of sp³-hybridized carbons (Fsp3) is 0.118. The fourth-order valence-corrected chi connectivity index (χ4v) is 2.94. The molecule has 0 spiro atoms. The Hall–Kier alpha value is -2.00. The lowest BCUT2D eigenvalue weighted by Gasteiger charge is -2.12. The summed E-state index contributed by atoms with van der Waals surface area (Å²) in [6.07, 6.45) is 0. The van der Waals surface area contributed by atoms with Crippen LogP contribution in [-0.4, -0.2) is 28.4 Å². The monoisotopic (exact) mass is 442 g/mol. The Morgan fingerprint density at radius 2 is 1.56 bits per heavy atom. The van der Waals surface area contributed by atoms with Gasteiger partial charge in [-0.1, -0.05) is 41.4 Å². The van der Waals surface area contributed by atoms with Gasteiger partial charge in [-0.25, -0.2) is 0 Å². The van der Waals surface area contributed by atoms with E-state index in [2.05, 4.69) is 21.5 Å². The van der Waals surface area contributed by atoms with Crippen LogP contribution in [0.25, 0.3) is 0 Å². The third kappa shape index (κ3) is 8.04. The van der Waals surface area contributed by atoms with Gasteiger partial charge in [-0.3, -0.25) is 20.4 Å². The second-order valence-corrected chi connectivity index (χ2v) is 7.37. The van der Waals surface area contributed by atoms with Gasteiger partial charge < -0.3 is 10.6 Å². The van der Waals surface area contributed by atoms with Gasteiger partial charge in [0.2, 0.25) is 11.8 Å². The average molecular weight is 443 g/mol. The first-order valence-corrected chi connectivity index (χ1v) is 9.99. The molecule has 0 atom stereocenters. The predicted octanol–water partition coefficient (Wildman–Crippen LogP) is 3.68. The van der Waals surface area contributed by atoms with Crippen molar-refractivity contribution in [2.24, 2.45) is 0 Å². The molecule has 27 heavy (non-hydrogen) atoms. The zero-order valence-electron chi connectivity index (χ0n) is 13.9. The molecule has 6 nitrogen and oxygen atoms in total. The summed E-state index contributed by atoms with van der Waals surface area (Å²) in [6.45, 7) is 0. The van der Waals surface area contributed by atoms with Crippen LogP contribution in [0.15, 0.2) is 48.5 Å². The van der Waals surface area contributed by atoms with E-state index in [1.807, 2.05) is 18.2 Å². The zero-order valence-corrected chi connectivity index (χ0v) is 17.1. The summed E-state index contributed by atoms with van der Waals surface area (Å²) in [7, 11) is 0. The molecule has 0 aliphatic rings. The summed E-state index contributed by atoms with van der Waals surface area (Å²) in [5.41, 5.74) is 6.37. The second-order valence-electron chi connectivity index (χ2n) is 5.16. The van der Waals surface area contributed by atoms with E-state index in [9.17, 15) is 9.59 Å². The average Bonchev–Trinajstić information content (AvgIpc) is 2.64. The van der Waals surface area contributed by atoms with E-state index in [0.29, 0.717) is 21.4 Å². The largest absolute Gasteiger partial charge is 0.331 e. The number of anilines is 2. The Bertz CT molecular complexity index is 822. The van der Waals surface area contributed by atoms with Gasteiger partial charge in [-0.2, -0.15) is 0 Å². The molecule has 142 valence electrons. The Balaban J connectivity index is 1.63. The van der Waals surface area contributed by atoms with Crippen LogP contribution in [0.4, 0.5) is 11.4 Å². The number of rotatable bonds is 6. The van der Waals surface area contributed by atoms with Crippen molar-refractivity contribution in [3.05, 3.63) is 58.6 Å². The summed E-state index contributed by atoms with van der Waals surface area (Å²) >= 11 is 18.0. The van der Waals surface area contributed by atoms with Crippen LogP contribution in [-0.2, 0) is 9.59 Å². The number of hydrogen-bond donors (Lipinski definition) is 4. The van der Waals surface area contributed by atoms with Crippen LogP contribution >= 0.6 is 47.2 Å². The van der Waals surface area contributed by atoms with Crippen molar-refractivity contribution in [1.29, 1.82) is 0 Å². The number of thioether (sulfide) groups is 1. The molecule has 0 unspecified atom stereocenters. The summed E-state index contributed by atoms with van der Waals surface area (Å²) in [6, 6.07) is 14.1. The summed E-state index contributed by atoms with van der Waals surface area (Å²) in [5, 5.41) is 6.61. The Morgan fingerprint density at radius 3 is 2.26 bits per heavy atom. The molecule has 2 aromatic rings. The maximum absolute atomic E-state index is 11.8. The lowest BCUT2D eigenvalue weighted by molar-refractivity contribution is -0.119. The third-order valence-corrected chi connectivity index (χ3v) is 4.89. The zero-order chi connectivity index (χ0) is 19.6. The van der Waals surface area contributed by atoms with Gasteiger partial charge in [0.25, 0.3) is 0 Å². The highest BCUT2D eigenvalue weighted by molar-refractivity contribution is 8.00. The molecule has 10 heteroatoms. The number of benzene rings is 2. The molecular formula is C17H16Cl2N4O2S2. The molecule has 0 radical (unpaired) electrons. The third-order valence-electron chi connectivity index (χ3n) is 3.02. The van der Waals surface area contributed by atoms with Crippen molar-refractivity contribution in [1.82, 2.24) is 10.9 Å². The molecule has 0 saturated heterocycles. The normalized spacial score (nSPS) is 10.0. The van der Waals surface area contributed by atoms with Gasteiger partial charge in [-0.15, -0.1) is 11.8 Å². The first-order chi connectivity index (χ1) is 12.9. The highest BCUT2D eigenvalue weighted by Gasteiger charge is 2.07. The predicted molar refractivity (Wildman–Crippen MR) is 116 cm³/mol. The van der Waals surface area contributed by atoms with E-state index in [1.54, 1.807) is 30.3 Å². The highest BCUT2D eigenvalue weighted by Crippen LogP contribution is 2.24. The van der Waals surface area contributed by atoms with Gasteiger partial charge >= 0.3 is 0 Å². The number of nitrogens with one attached hydrogen (secondary N) is 4. The minimum absolute atomic E-state index is 0.102. The Labute approximate surface area is 176 Å². The van der Waals surface area contributed by atoms with Crippen LogP contribution in [0, 0.1) is 0 Å². The van der Waals surface area contributed by atoms with Crippen molar-refractivity contribution >= 4 is 75.5 Å². The topological polar surface area (TPSA) is 82.3 Å². The smallest absolute Gasteiger partial charge is 0.248 e. The van der Waals surface area contributed by atoms with E-state index < -0.39 is 0 Å². The number of carbonyl (C=O) groups excluding carboxylic acids is 2. The van der Waals surface area contributed by atoms with Crippen LogP contribution in [0.3, 0.4) is 0 Å². The Kier molecular flexibility index (Phi) is 8.66. The molecule has 0 aromatic heterocycles. The van der Waals surface area contributed by atoms with E-state index >= 15 is 0 Å². The molecule has 4 N–H and O–H groups in total. The second kappa shape index (κ2) is 11.0. The molecule has 0 heterocycles. The summed E-state index contributed by atoms with van der Waals surface area (Å²) in [4.78, 5) is 23.6. The molecule has 0 bridgehead atoms. The van der Waals surface area contributed by atoms with Gasteiger partial charge in [0, 0.05) is 11.4 Å². The number of thiocarbonyl (C=S) groups is 1. The minimum Gasteiger partial charge on any atom is -0.331 e. The first kappa shape index (κ1) is 21.3. The number of carbonyl (C=O) groups is 2. The van der Waals surface area contributed by atoms with Gasteiger partial charge in [0.05, 0.1) is 21.6 Å². The number of hydrazine groups is 1. The van der Waals surface area contributed by atoms with Crippen LogP contribution < -0.4 is 21.5 Å². The molecule has 0 aliphatic heterocycles. The van der Waals surface area contributed by atoms with E-state index in [-0.39, 0.29) is 28.4 Å². The SMILES string of the molecule is O=C(CSCC(=O)Nc1ccccc1)NNC(=S)Nc1ccc(Cl)c(Cl)c1. The van der Waals surface area contributed by atoms with Gasteiger partial charge in [-0.05, 0) is 42.5 Å². The van der Waals surface area contributed by atoms with E-state index in [0.717, 1.165) is 0 Å². The van der Waals surface area contributed by atoms with Gasteiger partial charge in [0.15, 0.2) is 5.11 Å². The first-order valence-electron chi connectivity index (χ1n) is 7.67. The maximum Gasteiger partial charge on any atom is 0.248 e. The molecule has 0 saturated carbocycles. The molecule has 0 fully saturated rings. The fourth-order valence-electron chi connectivity index (χ4n) is 1.85. The molecule has 0 aliphatic carbocycles. The van der Waals surface area contributed by atoms with Crippen LogP contribution in [0.1, 0.15) is 0 Å². The maximum atomic E-state index is 11.8. The van der Waals surface area contributed by atoms with Crippen molar-refractivity contribution in [3.63, 3.8) is 0 Å². The van der Waals surface area contributed by atoms with Crippen molar-refractivity contribution in [2.75, 3.05) is 22.1 Å². The van der Waals surface area contributed by atoms with Crippen molar-refractivity contribution < 1.29 is 9.59 Å². The lowest BCUT2D eigenvalue weighted by Crippen LogP contribution is -2.44. The molecular weight excluding hydrogens is 427 g/mol. The number of amides is 2. The van der Waals surface area contributed by atoms with Crippen molar-refractivity contribution in [2.45, 2.75) is 0 Å². The number of halogens is 2. The van der Waals surface area contributed by atoms with Gasteiger partial charge in [0.1, 0.15) is 0 Å².